The predicted octanol–water partition coefficient (Wildman–Crippen LogP) is 0.935. The summed E-state index contributed by atoms with van der Waals surface area (Å²) in [5, 5.41) is 2.73. The second-order valence-electron chi connectivity index (χ2n) is 5.21. The van der Waals surface area contributed by atoms with Gasteiger partial charge in [-0.2, -0.15) is 0 Å². The third-order valence-electron chi connectivity index (χ3n) is 3.70. The van der Waals surface area contributed by atoms with Gasteiger partial charge in [0.05, 0.1) is 5.41 Å². The van der Waals surface area contributed by atoms with E-state index in [1.165, 1.54) is 0 Å². The quantitative estimate of drug-likeness (QED) is 0.817. The maximum Gasteiger partial charge on any atom is 0.227 e. The van der Waals surface area contributed by atoms with Crippen LogP contribution in [-0.2, 0) is 4.79 Å². The van der Waals surface area contributed by atoms with Gasteiger partial charge in [0.2, 0.25) is 5.91 Å². The number of amides is 1. The number of hydrogen-bond donors (Lipinski definition) is 2. The Morgan fingerprint density at radius 3 is 2.94 bits per heavy atom. The molecule has 1 aromatic rings. The molecule has 5 heteroatoms. The molecule has 2 heterocycles. The second kappa shape index (κ2) is 4.48. The molecule has 98 valence electrons. The Hall–Kier alpha value is -1.78. The van der Waals surface area contributed by atoms with Gasteiger partial charge in [-0.15, -0.1) is 0 Å². The van der Waals surface area contributed by atoms with E-state index in [0.717, 1.165) is 30.0 Å². The Bertz CT molecular complexity index is 474. The average molecular weight is 248 g/mol. The van der Waals surface area contributed by atoms with E-state index >= 15 is 0 Å². The van der Waals surface area contributed by atoms with Gasteiger partial charge >= 0.3 is 0 Å². The Morgan fingerprint density at radius 1 is 1.61 bits per heavy atom. The van der Waals surface area contributed by atoms with E-state index in [-0.39, 0.29) is 11.3 Å². The predicted molar refractivity (Wildman–Crippen MR) is 72.4 cm³/mol. The van der Waals surface area contributed by atoms with Gasteiger partial charge in [0, 0.05) is 38.1 Å². The first-order chi connectivity index (χ1) is 8.46. The van der Waals surface area contributed by atoms with E-state index in [9.17, 15) is 4.79 Å². The Balaban J connectivity index is 2.18. The fourth-order valence-corrected chi connectivity index (χ4v) is 2.34. The SMILES string of the molecule is CNC(=O)C1(C)CCN(c2cc(N)c(C)cn2)C1. The maximum atomic E-state index is 11.9. The molecular formula is C13H20N4O. The van der Waals surface area contributed by atoms with Gasteiger partial charge in [0.1, 0.15) is 5.82 Å². The van der Waals surface area contributed by atoms with Crippen LogP contribution in [0.2, 0.25) is 0 Å². The van der Waals surface area contributed by atoms with Crippen molar-refractivity contribution in [1.82, 2.24) is 10.3 Å². The Morgan fingerprint density at radius 2 is 2.33 bits per heavy atom. The van der Waals surface area contributed by atoms with E-state index in [0.29, 0.717) is 6.54 Å². The zero-order valence-electron chi connectivity index (χ0n) is 11.2. The lowest BCUT2D eigenvalue weighted by Gasteiger charge is -2.23. The lowest BCUT2D eigenvalue weighted by atomic mass is 9.89. The number of nitrogens with two attached hydrogens (primary N) is 1. The van der Waals surface area contributed by atoms with Gasteiger partial charge in [0.15, 0.2) is 0 Å². The second-order valence-corrected chi connectivity index (χ2v) is 5.21. The zero-order valence-corrected chi connectivity index (χ0v) is 11.2. The van der Waals surface area contributed by atoms with E-state index in [2.05, 4.69) is 15.2 Å². The van der Waals surface area contributed by atoms with Crippen molar-refractivity contribution in [1.29, 1.82) is 0 Å². The normalized spacial score (nSPS) is 23.2. The molecule has 3 N–H and O–H groups in total. The van der Waals surface area contributed by atoms with Crippen molar-refractivity contribution < 1.29 is 4.79 Å². The molecule has 1 unspecified atom stereocenters. The fraction of sp³-hybridized carbons (Fsp3) is 0.538. The number of carbonyl (C=O) groups excluding carboxylic acids is 1. The molecule has 0 saturated carbocycles. The summed E-state index contributed by atoms with van der Waals surface area (Å²) in [5.41, 5.74) is 7.28. The fourth-order valence-electron chi connectivity index (χ4n) is 2.34. The molecule has 0 aromatic carbocycles. The third kappa shape index (κ3) is 2.12. The highest BCUT2D eigenvalue weighted by molar-refractivity contribution is 5.83. The summed E-state index contributed by atoms with van der Waals surface area (Å²) >= 11 is 0. The van der Waals surface area contributed by atoms with Crippen LogP contribution >= 0.6 is 0 Å². The largest absolute Gasteiger partial charge is 0.398 e. The summed E-state index contributed by atoms with van der Waals surface area (Å²) in [4.78, 5) is 18.4. The number of anilines is 2. The molecule has 0 bridgehead atoms. The summed E-state index contributed by atoms with van der Waals surface area (Å²) in [6.45, 7) is 5.44. The van der Waals surface area contributed by atoms with Crippen LogP contribution in [0, 0.1) is 12.3 Å². The molecule has 5 nitrogen and oxygen atoms in total. The van der Waals surface area contributed by atoms with Crippen molar-refractivity contribution in [2.24, 2.45) is 5.41 Å². The number of nitrogen functional groups attached to an aromatic ring is 1. The third-order valence-corrected chi connectivity index (χ3v) is 3.70. The van der Waals surface area contributed by atoms with Crippen molar-refractivity contribution in [2.45, 2.75) is 20.3 Å². The molecule has 0 radical (unpaired) electrons. The van der Waals surface area contributed by atoms with E-state index in [1.807, 2.05) is 19.9 Å². The first-order valence-electron chi connectivity index (χ1n) is 6.15. The van der Waals surface area contributed by atoms with E-state index < -0.39 is 0 Å². The van der Waals surface area contributed by atoms with Crippen LogP contribution < -0.4 is 16.0 Å². The van der Waals surface area contributed by atoms with Crippen LogP contribution in [0.4, 0.5) is 11.5 Å². The van der Waals surface area contributed by atoms with E-state index in [4.69, 9.17) is 5.73 Å². The number of rotatable bonds is 2. The summed E-state index contributed by atoms with van der Waals surface area (Å²) in [6, 6.07) is 1.88. The lowest BCUT2D eigenvalue weighted by molar-refractivity contribution is -0.128. The number of hydrogen-bond acceptors (Lipinski definition) is 4. The van der Waals surface area contributed by atoms with Crippen LogP contribution in [0.5, 0.6) is 0 Å². The highest BCUT2D eigenvalue weighted by Gasteiger charge is 2.40. The van der Waals surface area contributed by atoms with Crippen LogP contribution in [0.3, 0.4) is 0 Å². The van der Waals surface area contributed by atoms with Crippen molar-refractivity contribution in [3.63, 3.8) is 0 Å². The molecule has 0 aliphatic carbocycles. The monoisotopic (exact) mass is 248 g/mol. The molecule has 1 amide bonds. The van der Waals surface area contributed by atoms with E-state index in [1.54, 1.807) is 13.2 Å². The Labute approximate surface area is 107 Å². The van der Waals surface area contributed by atoms with Crippen molar-refractivity contribution in [3.05, 3.63) is 17.8 Å². The molecule has 1 atom stereocenters. The van der Waals surface area contributed by atoms with Gasteiger partial charge in [-0.3, -0.25) is 4.79 Å². The minimum Gasteiger partial charge on any atom is -0.398 e. The topological polar surface area (TPSA) is 71.2 Å². The Kier molecular flexibility index (Phi) is 3.15. The zero-order chi connectivity index (χ0) is 13.3. The van der Waals surface area contributed by atoms with Crippen molar-refractivity contribution >= 4 is 17.4 Å². The number of aryl methyl sites for hydroxylation is 1. The number of aromatic nitrogens is 1. The smallest absolute Gasteiger partial charge is 0.227 e. The summed E-state index contributed by atoms with van der Waals surface area (Å²) < 4.78 is 0. The van der Waals surface area contributed by atoms with Crippen LogP contribution in [0.25, 0.3) is 0 Å². The molecule has 2 rings (SSSR count). The highest BCUT2D eigenvalue weighted by atomic mass is 16.2. The van der Waals surface area contributed by atoms with Crippen molar-refractivity contribution in [2.75, 3.05) is 30.8 Å². The minimum absolute atomic E-state index is 0.0880. The molecule has 0 spiro atoms. The molecule has 1 aliphatic rings. The standard InChI is InChI=1S/C13H20N4O/c1-9-7-16-11(6-10(9)14)17-5-4-13(2,8-17)12(18)15-3/h6-7H,4-5,8H2,1-3H3,(H2,14,16)(H,15,18). The first-order valence-corrected chi connectivity index (χ1v) is 6.15. The minimum atomic E-state index is -0.337. The number of nitrogens with zero attached hydrogens (tertiary/aromatic N) is 2. The van der Waals surface area contributed by atoms with Gasteiger partial charge in [-0.1, -0.05) is 0 Å². The molecule has 1 fully saturated rings. The number of carbonyl (C=O) groups is 1. The molecular weight excluding hydrogens is 228 g/mol. The highest BCUT2D eigenvalue weighted by Crippen LogP contribution is 2.33. The van der Waals surface area contributed by atoms with Gasteiger partial charge in [-0.25, -0.2) is 4.98 Å². The summed E-state index contributed by atoms with van der Waals surface area (Å²) in [6.07, 6.45) is 2.61. The average Bonchev–Trinajstić information content (AvgIpc) is 2.76. The molecule has 18 heavy (non-hydrogen) atoms. The number of pyridine rings is 1. The molecule has 1 saturated heterocycles. The summed E-state index contributed by atoms with van der Waals surface area (Å²) in [7, 11) is 1.68. The molecule has 1 aliphatic heterocycles. The molecule has 1 aromatic heterocycles. The van der Waals surface area contributed by atoms with Crippen LogP contribution in [-0.4, -0.2) is 31.0 Å². The lowest BCUT2D eigenvalue weighted by Crippen LogP contribution is -2.39. The van der Waals surface area contributed by atoms with Gasteiger partial charge in [-0.05, 0) is 25.8 Å². The van der Waals surface area contributed by atoms with Gasteiger partial charge < -0.3 is 16.0 Å². The number of nitrogens with one attached hydrogen (secondary N) is 1. The van der Waals surface area contributed by atoms with Gasteiger partial charge in [0.25, 0.3) is 0 Å². The van der Waals surface area contributed by atoms with Crippen molar-refractivity contribution in [3.8, 4) is 0 Å². The first kappa shape index (κ1) is 12.7. The van der Waals surface area contributed by atoms with Crippen LogP contribution in [0.15, 0.2) is 12.3 Å². The van der Waals surface area contributed by atoms with Crippen LogP contribution in [0.1, 0.15) is 18.9 Å². The maximum absolute atomic E-state index is 11.9. The summed E-state index contributed by atoms with van der Waals surface area (Å²) in [5.74, 6) is 0.941.